The highest BCUT2D eigenvalue weighted by atomic mass is 16.6. The molecule has 81 heavy (non-hydrogen) atoms. The van der Waals surface area contributed by atoms with Crippen molar-refractivity contribution in [1.82, 2.24) is 0 Å². The number of hydrogen-bond acceptors (Lipinski definition) is 6. The molecule has 0 spiro atoms. The molecule has 1 unspecified atom stereocenters. The number of unbranched alkanes of at least 4 members (excludes halogenated alkanes) is 45. The van der Waals surface area contributed by atoms with Gasteiger partial charge in [-0.15, -0.1) is 0 Å². The van der Waals surface area contributed by atoms with Gasteiger partial charge in [0.2, 0.25) is 0 Å². The third kappa shape index (κ3) is 67.8. The molecule has 0 saturated carbocycles. The summed E-state index contributed by atoms with van der Waals surface area (Å²) in [6.45, 7) is 6.61. The maximum absolute atomic E-state index is 12.9. The Morgan fingerprint density at radius 3 is 0.741 bits per heavy atom. The van der Waals surface area contributed by atoms with E-state index in [1.54, 1.807) is 0 Å². The molecule has 0 fully saturated rings. The lowest BCUT2D eigenvalue weighted by molar-refractivity contribution is -0.167. The summed E-state index contributed by atoms with van der Waals surface area (Å²) in [7, 11) is 0. The first-order chi connectivity index (χ1) is 40.0. The van der Waals surface area contributed by atoms with Crippen LogP contribution in [0.25, 0.3) is 0 Å². The number of esters is 3. The second kappa shape index (κ2) is 69.6. The molecule has 0 bridgehead atoms. The molecular formula is C75H136O6. The summed E-state index contributed by atoms with van der Waals surface area (Å²) in [6.07, 6.45) is 89.7. The van der Waals surface area contributed by atoms with Crippen LogP contribution in [0.5, 0.6) is 0 Å². The van der Waals surface area contributed by atoms with Crippen molar-refractivity contribution in [1.29, 1.82) is 0 Å². The van der Waals surface area contributed by atoms with Crippen molar-refractivity contribution in [3.63, 3.8) is 0 Å². The largest absolute Gasteiger partial charge is 0.462 e. The molecule has 0 saturated heterocycles. The normalized spacial score (nSPS) is 12.4. The lowest BCUT2D eigenvalue weighted by Gasteiger charge is -2.18. The maximum atomic E-state index is 12.9. The summed E-state index contributed by atoms with van der Waals surface area (Å²) in [5.74, 6) is -0.875. The molecule has 0 heterocycles. The average molecular weight is 1130 g/mol. The topological polar surface area (TPSA) is 78.9 Å². The van der Waals surface area contributed by atoms with E-state index >= 15 is 0 Å². The molecule has 0 aliphatic rings. The van der Waals surface area contributed by atoms with Gasteiger partial charge in [-0.05, 0) is 103 Å². The van der Waals surface area contributed by atoms with Gasteiger partial charge in [0, 0.05) is 19.3 Å². The van der Waals surface area contributed by atoms with Gasteiger partial charge in [0.1, 0.15) is 13.2 Å². The standard InChI is InChI=1S/C75H136O6/c1-4-7-10-13-16-19-22-25-27-29-31-33-34-35-36-37-38-39-40-42-43-45-47-50-53-56-59-62-65-68-74(77)80-71-72(70-79-73(76)67-64-61-58-55-52-49-24-21-18-15-12-9-6-3)81-75(78)69-66-63-60-57-54-51-48-46-44-41-32-30-28-26-23-20-17-14-11-8-5-2/h12,15,21,23-24,26,29-32,72H,4-11,13-14,16-20,22,25,27-28,33-71H2,1-3H3/b15-12-,24-21-,26-23-,31-29-,32-30-. The molecule has 0 radical (unpaired) electrons. The fourth-order valence-corrected chi connectivity index (χ4v) is 10.6. The maximum Gasteiger partial charge on any atom is 0.306 e. The van der Waals surface area contributed by atoms with E-state index in [2.05, 4.69) is 81.5 Å². The minimum absolute atomic E-state index is 0.0774. The monoisotopic (exact) mass is 1130 g/mol. The van der Waals surface area contributed by atoms with Crippen molar-refractivity contribution < 1.29 is 28.6 Å². The second-order valence-electron chi connectivity index (χ2n) is 24.1. The quantitative estimate of drug-likeness (QED) is 0.0261. The van der Waals surface area contributed by atoms with Crippen LogP contribution < -0.4 is 0 Å². The molecule has 0 amide bonds. The van der Waals surface area contributed by atoms with E-state index < -0.39 is 6.10 Å². The van der Waals surface area contributed by atoms with Crippen LogP contribution in [0.3, 0.4) is 0 Å². The summed E-state index contributed by atoms with van der Waals surface area (Å²) in [6, 6.07) is 0. The third-order valence-corrected chi connectivity index (χ3v) is 15.9. The minimum Gasteiger partial charge on any atom is -0.462 e. The molecule has 472 valence electrons. The van der Waals surface area contributed by atoms with Crippen LogP contribution in [0.15, 0.2) is 60.8 Å². The second-order valence-corrected chi connectivity index (χ2v) is 24.1. The lowest BCUT2D eigenvalue weighted by atomic mass is 10.0. The SMILES string of the molecule is CCC/C=C\C/C=C\CCCCCCCC(=O)OCC(COC(=O)CCCCCCCCCCCCCCCCCCC/C=C\CCCCCCCCCC)OC(=O)CCCCCCCCCCC/C=C\C/C=C\CCCCCCC. The van der Waals surface area contributed by atoms with Crippen LogP contribution in [0.2, 0.25) is 0 Å². The van der Waals surface area contributed by atoms with Crippen LogP contribution in [-0.2, 0) is 28.6 Å². The Bertz CT molecular complexity index is 1440. The van der Waals surface area contributed by atoms with Gasteiger partial charge in [-0.3, -0.25) is 14.4 Å². The molecule has 0 rings (SSSR count). The molecule has 0 N–H and O–H groups in total. The van der Waals surface area contributed by atoms with Crippen LogP contribution >= 0.6 is 0 Å². The summed E-state index contributed by atoms with van der Waals surface area (Å²) in [5.41, 5.74) is 0. The van der Waals surface area contributed by atoms with Gasteiger partial charge in [-0.2, -0.15) is 0 Å². The van der Waals surface area contributed by atoms with Gasteiger partial charge in [0.25, 0.3) is 0 Å². The fraction of sp³-hybridized carbons (Fsp3) is 0.827. The van der Waals surface area contributed by atoms with Gasteiger partial charge >= 0.3 is 17.9 Å². The number of carbonyl (C=O) groups is 3. The van der Waals surface area contributed by atoms with Crippen LogP contribution in [0, 0.1) is 0 Å². The highest BCUT2D eigenvalue weighted by Gasteiger charge is 2.19. The summed E-state index contributed by atoms with van der Waals surface area (Å²) in [5, 5.41) is 0. The highest BCUT2D eigenvalue weighted by Crippen LogP contribution is 2.18. The van der Waals surface area contributed by atoms with Crippen LogP contribution in [0.4, 0.5) is 0 Å². The third-order valence-electron chi connectivity index (χ3n) is 15.9. The number of ether oxygens (including phenoxy) is 3. The highest BCUT2D eigenvalue weighted by molar-refractivity contribution is 5.71. The molecule has 0 aliphatic carbocycles. The van der Waals surface area contributed by atoms with Gasteiger partial charge in [-0.25, -0.2) is 0 Å². The first kappa shape index (κ1) is 78.1. The number of rotatable bonds is 66. The van der Waals surface area contributed by atoms with E-state index in [1.807, 2.05) is 0 Å². The summed E-state index contributed by atoms with van der Waals surface area (Å²) < 4.78 is 17.0. The summed E-state index contributed by atoms with van der Waals surface area (Å²) >= 11 is 0. The van der Waals surface area contributed by atoms with E-state index in [1.165, 1.54) is 250 Å². The van der Waals surface area contributed by atoms with Crippen molar-refractivity contribution in [2.75, 3.05) is 13.2 Å². The smallest absolute Gasteiger partial charge is 0.306 e. The van der Waals surface area contributed by atoms with Crippen LogP contribution in [-0.4, -0.2) is 37.2 Å². The van der Waals surface area contributed by atoms with Gasteiger partial charge in [0.05, 0.1) is 0 Å². The lowest BCUT2D eigenvalue weighted by Crippen LogP contribution is -2.30. The fourth-order valence-electron chi connectivity index (χ4n) is 10.6. The average Bonchev–Trinajstić information content (AvgIpc) is 3.46. The molecule has 0 aromatic rings. The zero-order chi connectivity index (χ0) is 58.5. The van der Waals surface area contributed by atoms with Crippen molar-refractivity contribution in [2.24, 2.45) is 0 Å². The van der Waals surface area contributed by atoms with Crippen molar-refractivity contribution >= 4 is 17.9 Å². The van der Waals surface area contributed by atoms with Crippen molar-refractivity contribution in [3.8, 4) is 0 Å². The Morgan fingerprint density at radius 2 is 0.469 bits per heavy atom. The Balaban J connectivity index is 4.21. The Hall–Kier alpha value is -2.89. The first-order valence-corrected chi connectivity index (χ1v) is 35.8. The first-order valence-electron chi connectivity index (χ1n) is 35.8. The molecule has 0 aromatic carbocycles. The zero-order valence-corrected chi connectivity index (χ0v) is 54.3. The van der Waals surface area contributed by atoms with Gasteiger partial charge in [0.15, 0.2) is 6.10 Å². The van der Waals surface area contributed by atoms with E-state index in [-0.39, 0.29) is 31.1 Å². The predicted octanol–water partition coefficient (Wildman–Crippen LogP) is 24.7. The molecule has 0 aromatic heterocycles. The van der Waals surface area contributed by atoms with E-state index in [9.17, 15) is 14.4 Å². The number of carbonyl (C=O) groups excluding carboxylic acids is 3. The molecule has 1 atom stereocenters. The van der Waals surface area contributed by atoms with Crippen LogP contribution in [0.1, 0.15) is 380 Å². The Morgan fingerprint density at radius 1 is 0.247 bits per heavy atom. The number of allylic oxidation sites excluding steroid dienone is 10. The minimum atomic E-state index is -0.783. The molecule has 6 heteroatoms. The summed E-state index contributed by atoms with van der Waals surface area (Å²) in [4.78, 5) is 38.4. The van der Waals surface area contributed by atoms with Gasteiger partial charge in [-0.1, -0.05) is 319 Å². The van der Waals surface area contributed by atoms with E-state index in [4.69, 9.17) is 14.2 Å². The molecule has 0 aliphatic heterocycles. The van der Waals surface area contributed by atoms with E-state index in [0.717, 1.165) is 89.9 Å². The Kier molecular flexibility index (Phi) is 67.1. The van der Waals surface area contributed by atoms with Crippen molar-refractivity contribution in [2.45, 2.75) is 386 Å². The van der Waals surface area contributed by atoms with Gasteiger partial charge < -0.3 is 14.2 Å². The Labute approximate surface area is 504 Å². The predicted molar refractivity (Wildman–Crippen MR) is 353 cm³/mol. The zero-order valence-electron chi connectivity index (χ0n) is 54.3. The van der Waals surface area contributed by atoms with E-state index in [0.29, 0.717) is 19.3 Å². The molecule has 6 nitrogen and oxygen atoms in total. The number of hydrogen-bond donors (Lipinski definition) is 0. The molecular weight excluding hydrogens is 997 g/mol. The van der Waals surface area contributed by atoms with Crippen molar-refractivity contribution in [3.05, 3.63) is 60.8 Å².